The molecule has 0 radical (unpaired) electrons. The standard InChI is InChI=1S/C26H29N3O4S/c1-18-6-4-8-22(14-18)29-13-12-28(17-20(29)3)25-11-10-21(26(30)31)16-24(25)27-34(32,33)23-9-5-7-19(2)15-23/h4-11,14-16,20,27H,12-13,17H2,1-3H3,(H,30,31)/t20-/m0/s1. The highest BCUT2D eigenvalue weighted by Crippen LogP contribution is 2.32. The van der Waals surface area contributed by atoms with Crippen LogP contribution in [0.1, 0.15) is 28.4 Å². The smallest absolute Gasteiger partial charge is 0.335 e. The van der Waals surface area contributed by atoms with Gasteiger partial charge in [-0.3, -0.25) is 4.72 Å². The molecule has 34 heavy (non-hydrogen) atoms. The highest BCUT2D eigenvalue weighted by Gasteiger charge is 2.27. The number of nitrogens with zero attached hydrogens (tertiary/aromatic N) is 2. The molecule has 7 nitrogen and oxygen atoms in total. The zero-order valence-electron chi connectivity index (χ0n) is 19.5. The zero-order valence-corrected chi connectivity index (χ0v) is 20.3. The summed E-state index contributed by atoms with van der Waals surface area (Å²) in [4.78, 5) is 16.2. The fourth-order valence-corrected chi connectivity index (χ4v) is 5.55. The van der Waals surface area contributed by atoms with Gasteiger partial charge in [-0.15, -0.1) is 0 Å². The van der Waals surface area contributed by atoms with Crippen molar-refractivity contribution in [3.63, 3.8) is 0 Å². The Kier molecular flexibility index (Phi) is 6.52. The van der Waals surface area contributed by atoms with Crippen molar-refractivity contribution < 1.29 is 18.3 Å². The van der Waals surface area contributed by atoms with Gasteiger partial charge in [0.1, 0.15) is 0 Å². The van der Waals surface area contributed by atoms with E-state index in [1.54, 1.807) is 18.2 Å². The fourth-order valence-electron chi connectivity index (χ4n) is 4.38. The first-order valence-electron chi connectivity index (χ1n) is 11.2. The number of hydrogen-bond acceptors (Lipinski definition) is 5. The van der Waals surface area contributed by atoms with Crippen LogP contribution in [0.2, 0.25) is 0 Å². The Bertz CT molecular complexity index is 1320. The van der Waals surface area contributed by atoms with Crippen LogP contribution >= 0.6 is 0 Å². The van der Waals surface area contributed by atoms with Crippen LogP contribution in [0.5, 0.6) is 0 Å². The van der Waals surface area contributed by atoms with E-state index < -0.39 is 16.0 Å². The van der Waals surface area contributed by atoms with E-state index in [0.717, 1.165) is 17.8 Å². The average molecular weight is 480 g/mol. The van der Waals surface area contributed by atoms with E-state index >= 15 is 0 Å². The first-order chi connectivity index (χ1) is 16.1. The Morgan fingerprint density at radius 2 is 1.68 bits per heavy atom. The summed E-state index contributed by atoms with van der Waals surface area (Å²) in [5.74, 6) is -1.11. The molecule has 0 saturated carbocycles. The molecule has 4 rings (SSSR count). The molecule has 2 N–H and O–H groups in total. The van der Waals surface area contributed by atoms with Crippen LogP contribution in [-0.4, -0.2) is 45.2 Å². The molecule has 0 amide bonds. The third kappa shape index (κ3) is 5.02. The number of piperazine rings is 1. The SMILES string of the molecule is Cc1cccc(N2CCN(c3ccc(C(=O)O)cc3NS(=O)(=O)c3cccc(C)c3)C[C@@H]2C)c1. The number of rotatable bonds is 6. The minimum absolute atomic E-state index is 0.0251. The highest BCUT2D eigenvalue weighted by atomic mass is 32.2. The second-order valence-corrected chi connectivity index (χ2v) is 10.5. The largest absolute Gasteiger partial charge is 0.478 e. The van der Waals surface area contributed by atoms with E-state index in [0.29, 0.717) is 18.8 Å². The van der Waals surface area contributed by atoms with Crippen molar-refractivity contribution in [3.8, 4) is 0 Å². The molecule has 0 spiro atoms. The molecule has 0 aliphatic carbocycles. The highest BCUT2D eigenvalue weighted by molar-refractivity contribution is 7.92. The molecule has 1 aliphatic rings. The number of carbonyl (C=O) groups is 1. The van der Waals surface area contributed by atoms with E-state index in [4.69, 9.17) is 0 Å². The number of anilines is 3. The zero-order chi connectivity index (χ0) is 24.5. The molecule has 8 heteroatoms. The van der Waals surface area contributed by atoms with Gasteiger partial charge in [0.05, 0.1) is 21.8 Å². The second kappa shape index (κ2) is 9.38. The monoisotopic (exact) mass is 479 g/mol. The molecular formula is C26H29N3O4S. The van der Waals surface area contributed by atoms with E-state index in [9.17, 15) is 18.3 Å². The molecule has 178 valence electrons. The number of aromatic carboxylic acids is 1. The first kappa shape index (κ1) is 23.6. The number of sulfonamides is 1. The minimum atomic E-state index is -3.89. The lowest BCUT2D eigenvalue weighted by molar-refractivity contribution is 0.0697. The Morgan fingerprint density at radius 3 is 2.32 bits per heavy atom. The van der Waals surface area contributed by atoms with Crippen molar-refractivity contribution in [1.29, 1.82) is 0 Å². The lowest BCUT2D eigenvalue weighted by Crippen LogP contribution is -2.52. The Labute approximate surface area is 200 Å². The molecule has 0 unspecified atom stereocenters. The van der Waals surface area contributed by atoms with Crippen LogP contribution in [-0.2, 0) is 10.0 Å². The molecule has 1 fully saturated rings. The van der Waals surface area contributed by atoms with Crippen LogP contribution in [0.15, 0.2) is 71.6 Å². The number of benzene rings is 3. The lowest BCUT2D eigenvalue weighted by atomic mass is 10.1. The van der Waals surface area contributed by atoms with E-state index in [2.05, 4.69) is 46.6 Å². The van der Waals surface area contributed by atoms with Crippen molar-refractivity contribution in [2.75, 3.05) is 34.2 Å². The number of hydrogen-bond donors (Lipinski definition) is 2. The maximum atomic E-state index is 13.1. The number of carboxylic acids is 1. The lowest BCUT2D eigenvalue weighted by Gasteiger charge is -2.43. The van der Waals surface area contributed by atoms with Gasteiger partial charge in [-0.25, -0.2) is 13.2 Å². The quantitative estimate of drug-likeness (QED) is 0.540. The van der Waals surface area contributed by atoms with Gasteiger partial charge in [0.15, 0.2) is 0 Å². The summed E-state index contributed by atoms with van der Waals surface area (Å²) in [5, 5.41) is 9.49. The molecule has 1 atom stereocenters. The van der Waals surface area contributed by atoms with Crippen molar-refractivity contribution in [2.45, 2.75) is 31.7 Å². The molecular weight excluding hydrogens is 450 g/mol. The van der Waals surface area contributed by atoms with Crippen LogP contribution in [0.25, 0.3) is 0 Å². The molecule has 0 bridgehead atoms. The van der Waals surface area contributed by atoms with Crippen LogP contribution < -0.4 is 14.5 Å². The van der Waals surface area contributed by atoms with Gasteiger partial charge < -0.3 is 14.9 Å². The normalized spacial score (nSPS) is 16.4. The summed E-state index contributed by atoms with van der Waals surface area (Å²) in [6.45, 7) is 8.13. The molecule has 3 aromatic rings. The summed E-state index contributed by atoms with van der Waals surface area (Å²) < 4.78 is 28.9. The van der Waals surface area contributed by atoms with E-state index in [1.165, 1.54) is 23.8 Å². The third-order valence-corrected chi connectivity index (χ3v) is 7.45. The number of carboxylic acid groups (broad SMARTS) is 1. The van der Waals surface area contributed by atoms with Crippen LogP contribution in [0.4, 0.5) is 17.1 Å². The Hall–Kier alpha value is -3.52. The number of aryl methyl sites for hydroxylation is 2. The maximum absolute atomic E-state index is 13.1. The van der Waals surface area contributed by atoms with Gasteiger partial charge in [-0.05, 0) is 74.4 Å². The molecule has 1 aliphatic heterocycles. The van der Waals surface area contributed by atoms with Crippen molar-refractivity contribution >= 4 is 33.1 Å². The van der Waals surface area contributed by atoms with E-state index in [1.807, 2.05) is 19.1 Å². The maximum Gasteiger partial charge on any atom is 0.335 e. The van der Waals surface area contributed by atoms with Crippen LogP contribution in [0, 0.1) is 13.8 Å². The summed E-state index contributed by atoms with van der Waals surface area (Å²) >= 11 is 0. The predicted octanol–water partition coefficient (Wildman–Crippen LogP) is 4.52. The Balaban J connectivity index is 1.64. The van der Waals surface area contributed by atoms with E-state index in [-0.39, 0.29) is 22.2 Å². The molecule has 1 heterocycles. The summed E-state index contributed by atoms with van der Waals surface area (Å²) in [6.07, 6.45) is 0. The summed E-state index contributed by atoms with van der Waals surface area (Å²) in [5.41, 5.74) is 4.13. The molecule has 3 aromatic carbocycles. The number of nitrogens with one attached hydrogen (secondary N) is 1. The fraction of sp³-hybridized carbons (Fsp3) is 0.269. The minimum Gasteiger partial charge on any atom is -0.478 e. The topological polar surface area (TPSA) is 89.9 Å². The molecule has 1 saturated heterocycles. The molecule has 0 aromatic heterocycles. The van der Waals surface area contributed by atoms with Gasteiger partial charge in [0.2, 0.25) is 0 Å². The predicted molar refractivity (Wildman–Crippen MR) is 136 cm³/mol. The van der Waals surface area contributed by atoms with Gasteiger partial charge in [-0.2, -0.15) is 0 Å². The van der Waals surface area contributed by atoms with Gasteiger partial charge in [0.25, 0.3) is 10.0 Å². The average Bonchev–Trinajstić information content (AvgIpc) is 2.78. The summed E-state index contributed by atoms with van der Waals surface area (Å²) in [7, 11) is -3.89. The summed E-state index contributed by atoms with van der Waals surface area (Å²) in [6, 6.07) is 19.8. The second-order valence-electron chi connectivity index (χ2n) is 8.79. The van der Waals surface area contributed by atoms with Crippen LogP contribution in [0.3, 0.4) is 0 Å². The van der Waals surface area contributed by atoms with Crippen molar-refractivity contribution in [1.82, 2.24) is 0 Å². The van der Waals surface area contributed by atoms with Crippen molar-refractivity contribution in [2.24, 2.45) is 0 Å². The third-order valence-electron chi connectivity index (χ3n) is 6.09. The van der Waals surface area contributed by atoms with Crippen molar-refractivity contribution in [3.05, 3.63) is 83.4 Å². The van der Waals surface area contributed by atoms with Gasteiger partial charge in [-0.1, -0.05) is 24.3 Å². The van der Waals surface area contributed by atoms with Gasteiger partial charge >= 0.3 is 5.97 Å². The first-order valence-corrected chi connectivity index (χ1v) is 12.7. The van der Waals surface area contributed by atoms with Gasteiger partial charge in [0, 0.05) is 31.4 Å². The Morgan fingerprint density at radius 1 is 0.971 bits per heavy atom.